The molecule has 0 radical (unpaired) electrons. The van der Waals surface area contributed by atoms with Crippen molar-refractivity contribution in [3.8, 4) is 0 Å². The van der Waals surface area contributed by atoms with E-state index >= 15 is 0 Å². The number of nitrogens with zero attached hydrogens (tertiary/aromatic N) is 5. The van der Waals surface area contributed by atoms with Gasteiger partial charge < -0.3 is 10.2 Å². The number of hydrogen-bond acceptors (Lipinski definition) is 6. The molecule has 3 heterocycles. The summed E-state index contributed by atoms with van der Waals surface area (Å²) < 4.78 is 1.61. The van der Waals surface area contributed by atoms with Gasteiger partial charge in [0.2, 0.25) is 0 Å². The monoisotopic (exact) mass is 434 g/mol. The number of pyridine rings is 1. The minimum absolute atomic E-state index is 0.0435. The van der Waals surface area contributed by atoms with Gasteiger partial charge in [0.05, 0.1) is 17.2 Å². The summed E-state index contributed by atoms with van der Waals surface area (Å²) in [6.07, 6.45) is 5.23. The van der Waals surface area contributed by atoms with Gasteiger partial charge in [-0.2, -0.15) is 5.10 Å². The Morgan fingerprint density at radius 2 is 1.84 bits per heavy atom. The van der Waals surface area contributed by atoms with E-state index in [9.17, 15) is 14.9 Å². The van der Waals surface area contributed by atoms with Gasteiger partial charge in [0.25, 0.3) is 5.91 Å². The molecule has 0 atom stereocenters. The summed E-state index contributed by atoms with van der Waals surface area (Å²) in [6.45, 7) is 5.60. The van der Waals surface area contributed by atoms with Crippen molar-refractivity contribution in [2.75, 3.05) is 23.3 Å². The second-order valence-electron chi connectivity index (χ2n) is 8.01. The predicted octanol–water partition coefficient (Wildman–Crippen LogP) is 4.09. The summed E-state index contributed by atoms with van der Waals surface area (Å²) in [4.78, 5) is 30.4. The van der Waals surface area contributed by atoms with Crippen LogP contribution in [0.5, 0.6) is 0 Å². The molecule has 2 aromatic heterocycles. The van der Waals surface area contributed by atoms with Crippen LogP contribution in [-0.2, 0) is 6.54 Å². The van der Waals surface area contributed by atoms with Crippen LogP contribution in [-0.4, -0.2) is 38.7 Å². The van der Waals surface area contributed by atoms with Crippen molar-refractivity contribution >= 4 is 23.1 Å². The molecule has 1 fully saturated rings. The standard InChI is InChI=1S/C23H26N6O3/c1-16-21(29(31)32)17(2)28(26-16)15-18-8-10-19(11-9-18)23(30)25-20-7-6-12-24-22(20)27-13-4-3-5-14-27/h6-12H,3-5,13-15H2,1-2H3,(H,25,30). The van der Waals surface area contributed by atoms with Crippen molar-refractivity contribution in [2.45, 2.75) is 39.7 Å². The van der Waals surface area contributed by atoms with Crippen molar-refractivity contribution in [3.05, 3.63) is 75.2 Å². The highest BCUT2D eigenvalue weighted by molar-refractivity contribution is 6.05. The summed E-state index contributed by atoms with van der Waals surface area (Å²) in [5.41, 5.74) is 3.08. The number of carbonyl (C=O) groups is 1. The lowest BCUT2D eigenvalue weighted by Crippen LogP contribution is -2.31. The van der Waals surface area contributed by atoms with Gasteiger partial charge in [-0.3, -0.25) is 19.6 Å². The second-order valence-corrected chi connectivity index (χ2v) is 8.01. The molecular weight excluding hydrogens is 408 g/mol. The Morgan fingerprint density at radius 1 is 1.12 bits per heavy atom. The molecule has 0 aliphatic carbocycles. The van der Waals surface area contributed by atoms with Crippen LogP contribution in [0.4, 0.5) is 17.2 Å². The van der Waals surface area contributed by atoms with E-state index in [1.807, 2.05) is 24.3 Å². The summed E-state index contributed by atoms with van der Waals surface area (Å²) >= 11 is 0. The van der Waals surface area contributed by atoms with Gasteiger partial charge >= 0.3 is 5.69 Å². The summed E-state index contributed by atoms with van der Waals surface area (Å²) in [6, 6.07) is 10.9. The average molecular weight is 435 g/mol. The first-order valence-electron chi connectivity index (χ1n) is 10.7. The molecule has 1 N–H and O–H groups in total. The number of rotatable bonds is 6. The van der Waals surface area contributed by atoms with E-state index in [1.165, 1.54) is 6.42 Å². The van der Waals surface area contributed by atoms with E-state index in [-0.39, 0.29) is 11.6 Å². The molecule has 166 valence electrons. The SMILES string of the molecule is Cc1nn(Cc2ccc(C(=O)Nc3cccnc3N3CCCCC3)cc2)c(C)c1[N+](=O)[O-]. The maximum absolute atomic E-state index is 12.8. The van der Waals surface area contributed by atoms with Crippen LogP contribution in [0.15, 0.2) is 42.6 Å². The molecule has 3 aromatic rings. The van der Waals surface area contributed by atoms with Crippen molar-refractivity contribution in [3.63, 3.8) is 0 Å². The highest BCUT2D eigenvalue weighted by atomic mass is 16.6. The van der Waals surface area contributed by atoms with E-state index in [0.717, 1.165) is 37.3 Å². The molecule has 9 nitrogen and oxygen atoms in total. The molecular formula is C23H26N6O3. The number of nitro groups is 1. The second kappa shape index (κ2) is 9.17. The number of amides is 1. The lowest BCUT2D eigenvalue weighted by molar-refractivity contribution is -0.386. The molecule has 1 amide bonds. The first-order chi connectivity index (χ1) is 15.4. The Hall–Kier alpha value is -3.75. The van der Waals surface area contributed by atoms with Gasteiger partial charge in [0, 0.05) is 24.8 Å². The average Bonchev–Trinajstić information content (AvgIpc) is 3.08. The lowest BCUT2D eigenvalue weighted by atomic mass is 10.1. The third-order valence-electron chi connectivity index (χ3n) is 5.76. The number of anilines is 2. The van der Waals surface area contributed by atoms with E-state index in [1.54, 1.807) is 36.9 Å². The smallest absolute Gasteiger partial charge is 0.312 e. The van der Waals surface area contributed by atoms with Crippen LogP contribution in [0.3, 0.4) is 0 Å². The van der Waals surface area contributed by atoms with Crippen molar-refractivity contribution in [2.24, 2.45) is 0 Å². The molecule has 32 heavy (non-hydrogen) atoms. The fourth-order valence-electron chi connectivity index (χ4n) is 4.09. The Morgan fingerprint density at radius 3 is 2.50 bits per heavy atom. The summed E-state index contributed by atoms with van der Waals surface area (Å²) in [5, 5.41) is 18.5. The van der Waals surface area contributed by atoms with Crippen molar-refractivity contribution in [1.82, 2.24) is 14.8 Å². The van der Waals surface area contributed by atoms with Gasteiger partial charge in [0.1, 0.15) is 11.4 Å². The number of hydrogen-bond donors (Lipinski definition) is 1. The molecule has 1 aliphatic rings. The zero-order valence-corrected chi connectivity index (χ0v) is 18.2. The molecule has 1 aromatic carbocycles. The van der Waals surface area contributed by atoms with Gasteiger partial charge in [-0.25, -0.2) is 4.98 Å². The maximum Gasteiger partial charge on any atom is 0.312 e. The third kappa shape index (κ3) is 4.46. The Balaban J connectivity index is 1.47. The Kier molecular flexibility index (Phi) is 6.16. The number of carbonyl (C=O) groups excluding carboxylic acids is 1. The minimum Gasteiger partial charge on any atom is -0.355 e. The van der Waals surface area contributed by atoms with Gasteiger partial charge in [0.15, 0.2) is 5.82 Å². The van der Waals surface area contributed by atoms with Crippen molar-refractivity contribution in [1.29, 1.82) is 0 Å². The fraction of sp³-hybridized carbons (Fsp3) is 0.348. The molecule has 4 rings (SSSR count). The van der Waals surface area contributed by atoms with Gasteiger partial charge in [-0.1, -0.05) is 12.1 Å². The summed E-state index contributed by atoms with van der Waals surface area (Å²) in [5.74, 6) is 0.604. The molecule has 0 saturated carbocycles. The zero-order chi connectivity index (χ0) is 22.7. The van der Waals surface area contributed by atoms with Crippen LogP contribution >= 0.6 is 0 Å². The van der Waals surface area contributed by atoms with Crippen LogP contribution < -0.4 is 10.2 Å². The Labute approximate surface area is 186 Å². The van der Waals surface area contributed by atoms with E-state index in [0.29, 0.717) is 29.2 Å². The quantitative estimate of drug-likeness (QED) is 0.463. The summed E-state index contributed by atoms with van der Waals surface area (Å²) in [7, 11) is 0. The van der Waals surface area contributed by atoms with Gasteiger partial charge in [-0.05, 0) is 62.9 Å². The third-order valence-corrected chi connectivity index (χ3v) is 5.76. The van der Waals surface area contributed by atoms with Gasteiger partial charge in [-0.15, -0.1) is 0 Å². The topological polar surface area (TPSA) is 106 Å². The largest absolute Gasteiger partial charge is 0.355 e. The molecule has 0 unspecified atom stereocenters. The number of piperidine rings is 1. The highest BCUT2D eigenvalue weighted by Crippen LogP contribution is 2.26. The lowest BCUT2D eigenvalue weighted by Gasteiger charge is -2.29. The number of nitrogens with one attached hydrogen (secondary N) is 1. The molecule has 1 saturated heterocycles. The van der Waals surface area contributed by atoms with E-state index < -0.39 is 4.92 Å². The van der Waals surface area contributed by atoms with E-state index in [2.05, 4.69) is 20.3 Å². The number of aryl methyl sites for hydroxylation is 1. The first-order valence-corrected chi connectivity index (χ1v) is 10.7. The van der Waals surface area contributed by atoms with Crippen LogP contribution in [0.2, 0.25) is 0 Å². The number of benzene rings is 1. The highest BCUT2D eigenvalue weighted by Gasteiger charge is 2.22. The normalized spacial score (nSPS) is 13.8. The van der Waals surface area contributed by atoms with Crippen molar-refractivity contribution < 1.29 is 9.72 Å². The molecule has 1 aliphatic heterocycles. The zero-order valence-electron chi connectivity index (χ0n) is 18.2. The predicted molar refractivity (Wildman–Crippen MR) is 122 cm³/mol. The van der Waals surface area contributed by atoms with E-state index in [4.69, 9.17) is 0 Å². The fourth-order valence-corrected chi connectivity index (χ4v) is 4.09. The Bertz CT molecular complexity index is 1130. The maximum atomic E-state index is 12.8. The number of aromatic nitrogens is 3. The minimum atomic E-state index is -0.405. The molecule has 0 spiro atoms. The van der Waals surface area contributed by atoms with Crippen LogP contribution in [0, 0.1) is 24.0 Å². The molecule has 0 bridgehead atoms. The van der Waals surface area contributed by atoms with Crippen LogP contribution in [0.25, 0.3) is 0 Å². The first kappa shape index (κ1) is 21.5. The molecule has 9 heteroatoms. The van der Waals surface area contributed by atoms with Crippen LogP contribution in [0.1, 0.15) is 46.6 Å².